The van der Waals surface area contributed by atoms with Crippen LogP contribution in [0.25, 0.3) is 0 Å². The standard InChI is InChI=1S/C8H12N2O2S/c9-6-1-2-10-3-5(6)8(12)7(11)4-13/h1-3,7-8,11-13H,4H2,(H2,9,10). The number of nitrogen functional groups attached to an aromatic ring is 1. The topological polar surface area (TPSA) is 79.4 Å². The van der Waals surface area contributed by atoms with Crippen LogP contribution in [0.3, 0.4) is 0 Å². The molecule has 0 fully saturated rings. The smallest absolute Gasteiger partial charge is 0.109 e. The monoisotopic (exact) mass is 200 g/mol. The van der Waals surface area contributed by atoms with Gasteiger partial charge in [0.15, 0.2) is 0 Å². The molecule has 0 aliphatic heterocycles. The van der Waals surface area contributed by atoms with Crippen LogP contribution in [-0.4, -0.2) is 27.1 Å². The van der Waals surface area contributed by atoms with Gasteiger partial charge in [0.1, 0.15) is 6.10 Å². The Balaban J connectivity index is 2.88. The van der Waals surface area contributed by atoms with Gasteiger partial charge in [0.25, 0.3) is 0 Å². The number of nitrogens with zero attached hydrogens (tertiary/aromatic N) is 1. The summed E-state index contributed by atoms with van der Waals surface area (Å²) in [5, 5.41) is 18.8. The van der Waals surface area contributed by atoms with Crippen molar-refractivity contribution in [1.82, 2.24) is 4.98 Å². The number of hydrogen-bond acceptors (Lipinski definition) is 5. The lowest BCUT2D eigenvalue weighted by Gasteiger charge is -2.16. The molecule has 4 N–H and O–H groups in total. The number of anilines is 1. The highest BCUT2D eigenvalue weighted by atomic mass is 32.1. The maximum atomic E-state index is 9.55. The van der Waals surface area contributed by atoms with Crippen LogP contribution in [0.2, 0.25) is 0 Å². The Morgan fingerprint density at radius 2 is 2.23 bits per heavy atom. The normalized spacial score (nSPS) is 15.3. The molecule has 0 aliphatic carbocycles. The first-order valence-electron chi connectivity index (χ1n) is 3.83. The van der Waals surface area contributed by atoms with E-state index in [-0.39, 0.29) is 5.75 Å². The minimum Gasteiger partial charge on any atom is -0.398 e. The molecule has 0 radical (unpaired) electrons. The highest BCUT2D eigenvalue weighted by Crippen LogP contribution is 2.21. The largest absolute Gasteiger partial charge is 0.398 e. The van der Waals surface area contributed by atoms with Gasteiger partial charge in [-0.25, -0.2) is 0 Å². The molecule has 0 aromatic carbocycles. The second-order valence-electron chi connectivity index (χ2n) is 2.70. The first-order chi connectivity index (χ1) is 6.16. The van der Waals surface area contributed by atoms with Crippen LogP contribution in [0.1, 0.15) is 11.7 Å². The van der Waals surface area contributed by atoms with E-state index in [0.29, 0.717) is 11.3 Å². The highest BCUT2D eigenvalue weighted by Gasteiger charge is 2.18. The van der Waals surface area contributed by atoms with Crippen molar-refractivity contribution >= 4 is 18.3 Å². The van der Waals surface area contributed by atoms with E-state index in [1.54, 1.807) is 6.07 Å². The number of aliphatic hydroxyl groups is 2. The zero-order chi connectivity index (χ0) is 9.84. The van der Waals surface area contributed by atoms with Crippen LogP contribution >= 0.6 is 12.6 Å². The van der Waals surface area contributed by atoms with Crippen molar-refractivity contribution in [2.24, 2.45) is 0 Å². The third-order valence-electron chi connectivity index (χ3n) is 1.76. The van der Waals surface area contributed by atoms with Gasteiger partial charge in [-0.05, 0) is 6.07 Å². The van der Waals surface area contributed by atoms with Crippen molar-refractivity contribution in [2.45, 2.75) is 12.2 Å². The molecule has 0 saturated carbocycles. The molecule has 0 bridgehead atoms. The third-order valence-corrected chi connectivity index (χ3v) is 2.13. The summed E-state index contributed by atoms with van der Waals surface area (Å²) in [4.78, 5) is 3.81. The van der Waals surface area contributed by atoms with Crippen LogP contribution < -0.4 is 5.73 Å². The summed E-state index contributed by atoms with van der Waals surface area (Å²) in [5.74, 6) is 0.176. The number of thiol groups is 1. The van der Waals surface area contributed by atoms with Gasteiger partial charge in [0.2, 0.25) is 0 Å². The summed E-state index contributed by atoms with van der Waals surface area (Å²) in [7, 11) is 0. The molecule has 72 valence electrons. The lowest BCUT2D eigenvalue weighted by atomic mass is 10.1. The molecule has 13 heavy (non-hydrogen) atoms. The van der Waals surface area contributed by atoms with Crippen molar-refractivity contribution in [3.63, 3.8) is 0 Å². The van der Waals surface area contributed by atoms with Gasteiger partial charge in [-0.15, -0.1) is 0 Å². The summed E-state index contributed by atoms with van der Waals surface area (Å²) in [6.45, 7) is 0. The van der Waals surface area contributed by atoms with E-state index in [1.807, 2.05) is 0 Å². The van der Waals surface area contributed by atoms with Gasteiger partial charge in [0.05, 0.1) is 6.10 Å². The Morgan fingerprint density at radius 3 is 2.77 bits per heavy atom. The van der Waals surface area contributed by atoms with Crippen molar-refractivity contribution in [2.75, 3.05) is 11.5 Å². The summed E-state index contributed by atoms with van der Waals surface area (Å²) in [5.41, 5.74) is 6.43. The fourth-order valence-electron chi connectivity index (χ4n) is 0.972. The molecule has 0 amide bonds. The molecule has 2 unspecified atom stereocenters. The fourth-order valence-corrected chi connectivity index (χ4v) is 1.17. The van der Waals surface area contributed by atoms with E-state index in [0.717, 1.165) is 0 Å². The van der Waals surface area contributed by atoms with Crippen LogP contribution in [-0.2, 0) is 0 Å². The lowest BCUT2D eigenvalue weighted by molar-refractivity contribution is 0.0340. The maximum absolute atomic E-state index is 9.55. The molecular formula is C8H12N2O2S. The summed E-state index contributed by atoms with van der Waals surface area (Å²) < 4.78 is 0. The Labute approximate surface area is 81.8 Å². The Hall–Kier alpha value is -0.780. The molecule has 1 rings (SSSR count). The average Bonchev–Trinajstić information content (AvgIpc) is 2.16. The number of aliphatic hydroxyl groups excluding tert-OH is 2. The van der Waals surface area contributed by atoms with E-state index in [1.165, 1.54) is 12.4 Å². The molecule has 0 saturated heterocycles. The fraction of sp³-hybridized carbons (Fsp3) is 0.375. The third kappa shape index (κ3) is 2.33. The van der Waals surface area contributed by atoms with Gasteiger partial charge in [-0.1, -0.05) is 0 Å². The van der Waals surface area contributed by atoms with E-state index in [9.17, 15) is 10.2 Å². The summed E-state index contributed by atoms with van der Waals surface area (Å²) in [6.07, 6.45) is 1.02. The Morgan fingerprint density at radius 1 is 1.54 bits per heavy atom. The van der Waals surface area contributed by atoms with Gasteiger partial charge in [-0.3, -0.25) is 4.98 Å². The molecular weight excluding hydrogens is 188 g/mol. The second-order valence-corrected chi connectivity index (χ2v) is 3.06. The molecule has 2 atom stereocenters. The predicted octanol–water partition coefficient (Wildman–Crippen LogP) is -0.0121. The number of rotatable bonds is 3. The SMILES string of the molecule is Nc1ccncc1C(O)C(O)CS. The van der Waals surface area contributed by atoms with Crippen molar-refractivity contribution < 1.29 is 10.2 Å². The Kier molecular flexibility index (Phi) is 3.53. The number of hydrogen-bond donors (Lipinski definition) is 4. The average molecular weight is 200 g/mol. The summed E-state index contributed by atoms with van der Waals surface area (Å²) in [6, 6.07) is 1.57. The molecule has 1 heterocycles. The van der Waals surface area contributed by atoms with Crippen LogP contribution in [0.5, 0.6) is 0 Å². The van der Waals surface area contributed by atoms with Gasteiger partial charge < -0.3 is 15.9 Å². The molecule has 0 spiro atoms. The molecule has 4 nitrogen and oxygen atoms in total. The van der Waals surface area contributed by atoms with Crippen LogP contribution in [0.15, 0.2) is 18.5 Å². The van der Waals surface area contributed by atoms with Gasteiger partial charge in [0, 0.05) is 29.4 Å². The molecule has 1 aromatic heterocycles. The van der Waals surface area contributed by atoms with E-state index >= 15 is 0 Å². The lowest BCUT2D eigenvalue weighted by Crippen LogP contribution is -2.20. The number of nitrogens with two attached hydrogens (primary N) is 1. The van der Waals surface area contributed by atoms with E-state index < -0.39 is 12.2 Å². The second kappa shape index (κ2) is 4.45. The zero-order valence-corrected chi connectivity index (χ0v) is 7.85. The molecule has 5 heteroatoms. The minimum absolute atomic E-state index is 0.176. The minimum atomic E-state index is -1.02. The van der Waals surface area contributed by atoms with Crippen LogP contribution in [0.4, 0.5) is 5.69 Å². The first-order valence-corrected chi connectivity index (χ1v) is 4.46. The first kappa shape index (κ1) is 10.3. The van der Waals surface area contributed by atoms with Crippen molar-refractivity contribution in [1.29, 1.82) is 0 Å². The zero-order valence-electron chi connectivity index (χ0n) is 6.96. The number of aromatic nitrogens is 1. The Bertz CT molecular complexity index is 283. The van der Waals surface area contributed by atoms with E-state index in [2.05, 4.69) is 17.6 Å². The molecule has 1 aromatic rings. The van der Waals surface area contributed by atoms with E-state index in [4.69, 9.17) is 5.73 Å². The van der Waals surface area contributed by atoms with Gasteiger partial charge >= 0.3 is 0 Å². The maximum Gasteiger partial charge on any atom is 0.109 e. The van der Waals surface area contributed by atoms with Crippen molar-refractivity contribution in [3.05, 3.63) is 24.0 Å². The number of pyridine rings is 1. The quantitative estimate of drug-likeness (QED) is 0.517. The summed E-state index contributed by atoms with van der Waals surface area (Å²) >= 11 is 3.87. The molecule has 0 aliphatic rings. The highest BCUT2D eigenvalue weighted by molar-refractivity contribution is 7.80. The van der Waals surface area contributed by atoms with Gasteiger partial charge in [-0.2, -0.15) is 12.6 Å². The van der Waals surface area contributed by atoms with Crippen molar-refractivity contribution in [3.8, 4) is 0 Å². The predicted molar refractivity (Wildman–Crippen MR) is 53.5 cm³/mol. The van der Waals surface area contributed by atoms with Crippen LogP contribution in [0, 0.1) is 0 Å².